The van der Waals surface area contributed by atoms with Crippen molar-refractivity contribution in [2.75, 3.05) is 29.9 Å². The van der Waals surface area contributed by atoms with Gasteiger partial charge in [0.05, 0.1) is 0 Å². The van der Waals surface area contributed by atoms with E-state index in [1.54, 1.807) is 6.33 Å². The number of piperazine rings is 1. The summed E-state index contributed by atoms with van der Waals surface area (Å²) >= 11 is 0. The number of rotatable bonds is 3. The average molecular weight is 247 g/mol. The zero-order valence-corrected chi connectivity index (χ0v) is 10.9. The second-order valence-corrected chi connectivity index (χ2v) is 5.33. The van der Waals surface area contributed by atoms with Gasteiger partial charge in [-0.3, -0.25) is 0 Å². The molecule has 1 saturated heterocycles. The van der Waals surface area contributed by atoms with Crippen molar-refractivity contribution in [2.24, 2.45) is 0 Å². The molecule has 0 amide bonds. The summed E-state index contributed by atoms with van der Waals surface area (Å²) in [7, 11) is 0. The summed E-state index contributed by atoms with van der Waals surface area (Å²) in [6.45, 7) is 5.27. The molecule has 2 fully saturated rings. The molecule has 98 valence electrons. The number of hydrogen-bond acceptors (Lipinski definition) is 5. The van der Waals surface area contributed by atoms with Crippen LogP contribution in [0.25, 0.3) is 0 Å². The van der Waals surface area contributed by atoms with E-state index in [4.69, 9.17) is 0 Å². The fraction of sp³-hybridized carbons (Fsp3) is 0.692. The molecule has 1 unspecified atom stereocenters. The zero-order valence-electron chi connectivity index (χ0n) is 10.9. The molecule has 5 heteroatoms. The summed E-state index contributed by atoms with van der Waals surface area (Å²) in [6, 6.07) is 3.22. The Morgan fingerprint density at radius 1 is 1.39 bits per heavy atom. The van der Waals surface area contributed by atoms with Crippen molar-refractivity contribution in [3.05, 3.63) is 12.4 Å². The number of nitrogens with zero attached hydrogens (tertiary/aromatic N) is 3. The van der Waals surface area contributed by atoms with E-state index in [9.17, 15) is 0 Å². The molecule has 1 saturated carbocycles. The Kier molecular flexibility index (Phi) is 3.32. The highest BCUT2D eigenvalue weighted by atomic mass is 15.2. The first kappa shape index (κ1) is 11.7. The molecule has 2 aliphatic rings. The van der Waals surface area contributed by atoms with Gasteiger partial charge in [-0.25, -0.2) is 9.97 Å². The SMILES string of the molecule is CC1CN(c2cc(NC3CCC3)ncn2)CCN1. The average Bonchev–Trinajstić information content (AvgIpc) is 2.34. The molecule has 1 atom stereocenters. The number of nitrogens with one attached hydrogen (secondary N) is 2. The predicted octanol–water partition coefficient (Wildman–Crippen LogP) is 1.24. The van der Waals surface area contributed by atoms with Crippen molar-refractivity contribution in [2.45, 2.75) is 38.3 Å². The van der Waals surface area contributed by atoms with Crippen LogP contribution in [0.4, 0.5) is 11.6 Å². The van der Waals surface area contributed by atoms with Crippen LogP contribution in [0.2, 0.25) is 0 Å². The van der Waals surface area contributed by atoms with Crippen molar-refractivity contribution in [3.8, 4) is 0 Å². The van der Waals surface area contributed by atoms with Crippen molar-refractivity contribution >= 4 is 11.6 Å². The third-order valence-electron chi connectivity index (χ3n) is 3.80. The smallest absolute Gasteiger partial charge is 0.134 e. The largest absolute Gasteiger partial charge is 0.367 e. The van der Waals surface area contributed by atoms with Gasteiger partial charge in [-0.15, -0.1) is 0 Å². The van der Waals surface area contributed by atoms with E-state index >= 15 is 0 Å². The molecule has 1 aromatic rings. The lowest BCUT2D eigenvalue weighted by atomic mass is 9.93. The second-order valence-electron chi connectivity index (χ2n) is 5.33. The molecule has 3 rings (SSSR count). The van der Waals surface area contributed by atoms with E-state index in [0.717, 1.165) is 31.3 Å². The number of aromatic nitrogens is 2. The molecule has 0 bridgehead atoms. The third kappa shape index (κ3) is 2.56. The summed E-state index contributed by atoms with van der Waals surface area (Å²) in [5, 5.41) is 6.92. The van der Waals surface area contributed by atoms with Crippen LogP contribution >= 0.6 is 0 Å². The summed E-state index contributed by atoms with van der Waals surface area (Å²) in [4.78, 5) is 11.0. The van der Waals surface area contributed by atoms with Gasteiger partial charge >= 0.3 is 0 Å². The maximum atomic E-state index is 4.40. The Bertz CT molecular complexity index is 404. The minimum Gasteiger partial charge on any atom is -0.367 e. The van der Waals surface area contributed by atoms with Crippen molar-refractivity contribution < 1.29 is 0 Å². The highest BCUT2D eigenvalue weighted by Crippen LogP contribution is 2.23. The molecular weight excluding hydrogens is 226 g/mol. The fourth-order valence-corrected chi connectivity index (χ4v) is 2.50. The molecule has 5 nitrogen and oxygen atoms in total. The van der Waals surface area contributed by atoms with Gasteiger partial charge in [-0.1, -0.05) is 0 Å². The van der Waals surface area contributed by atoms with E-state index in [1.807, 2.05) is 0 Å². The van der Waals surface area contributed by atoms with Crippen LogP contribution in [0.3, 0.4) is 0 Å². The highest BCUT2D eigenvalue weighted by Gasteiger charge is 2.19. The van der Waals surface area contributed by atoms with Crippen LogP contribution in [-0.4, -0.2) is 41.7 Å². The monoisotopic (exact) mass is 247 g/mol. The quantitative estimate of drug-likeness (QED) is 0.841. The second kappa shape index (κ2) is 5.10. The van der Waals surface area contributed by atoms with Crippen molar-refractivity contribution in [3.63, 3.8) is 0 Å². The van der Waals surface area contributed by atoms with Gasteiger partial charge in [0, 0.05) is 37.8 Å². The summed E-state index contributed by atoms with van der Waals surface area (Å²) < 4.78 is 0. The first-order chi connectivity index (χ1) is 8.81. The van der Waals surface area contributed by atoms with E-state index < -0.39 is 0 Å². The molecule has 0 spiro atoms. The normalized spacial score (nSPS) is 24.7. The first-order valence-electron chi connectivity index (χ1n) is 6.88. The van der Waals surface area contributed by atoms with Crippen molar-refractivity contribution in [1.82, 2.24) is 15.3 Å². The lowest BCUT2D eigenvalue weighted by Crippen LogP contribution is -2.49. The van der Waals surface area contributed by atoms with Gasteiger partial charge in [-0.2, -0.15) is 0 Å². The molecular formula is C13H21N5. The lowest BCUT2D eigenvalue weighted by Gasteiger charge is -2.33. The predicted molar refractivity (Wildman–Crippen MR) is 73.0 cm³/mol. The van der Waals surface area contributed by atoms with E-state index in [1.165, 1.54) is 19.3 Å². The maximum absolute atomic E-state index is 4.40. The van der Waals surface area contributed by atoms with Gasteiger partial charge in [-0.05, 0) is 26.2 Å². The van der Waals surface area contributed by atoms with Gasteiger partial charge in [0.25, 0.3) is 0 Å². The van der Waals surface area contributed by atoms with E-state index in [0.29, 0.717) is 12.1 Å². The third-order valence-corrected chi connectivity index (χ3v) is 3.80. The van der Waals surface area contributed by atoms with Gasteiger partial charge in [0.2, 0.25) is 0 Å². The van der Waals surface area contributed by atoms with E-state index in [2.05, 4.69) is 38.5 Å². The van der Waals surface area contributed by atoms with Crippen LogP contribution in [0, 0.1) is 0 Å². The highest BCUT2D eigenvalue weighted by molar-refractivity contribution is 5.49. The van der Waals surface area contributed by atoms with Gasteiger partial charge < -0.3 is 15.5 Å². The van der Waals surface area contributed by atoms with Crippen LogP contribution < -0.4 is 15.5 Å². The Labute approximate surface area is 108 Å². The van der Waals surface area contributed by atoms with Crippen molar-refractivity contribution in [1.29, 1.82) is 0 Å². The zero-order chi connectivity index (χ0) is 12.4. The molecule has 1 aromatic heterocycles. The van der Waals surface area contributed by atoms with Crippen LogP contribution in [0.15, 0.2) is 12.4 Å². The minimum absolute atomic E-state index is 0.525. The minimum atomic E-state index is 0.525. The molecule has 1 aliphatic carbocycles. The van der Waals surface area contributed by atoms with Crippen LogP contribution in [0.5, 0.6) is 0 Å². The summed E-state index contributed by atoms with van der Waals surface area (Å²) in [5.41, 5.74) is 0. The molecule has 0 radical (unpaired) electrons. The Balaban J connectivity index is 1.69. The van der Waals surface area contributed by atoms with Gasteiger partial charge in [0.1, 0.15) is 18.0 Å². The molecule has 1 aliphatic heterocycles. The van der Waals surface area contributed by atoms with Gasteiger partial charge in [0.15, 0.2) is 0 Å². The Hall–Kier alpha value is -1.36. The lowest BCUT2D eigenvalue weighted by molar-refractivity contribution is 0.444. The maximum Gasteiger partial charge on any atom is 0.134 e. The van der Waals surface area contributed by atoms with Crippen LogP contribution in [0.1, 0.15) is 26.2 Å². The topological polar surface area (TPSA) is 53.1 Å². The Morgan fingerprint density at radius 3 is 3.00 bits per heavy atom. The molecule has 2 N–H and O–H groups in total. The standard InChI is InChI=1S/C13H21N5/c1-10-8-18(6-5-14-10)13-7-12(15-9-16-13)17-11-3-2-4-11/h7,9-11,14H,2-6,8H2,1H3,(H,15,16,17). The first-order valence-corrected chi connectivity index (χ1v) is 6.88. The molecule has 0 aromatic carbocycles. The van der Waals surface area contributed by atoms with Crippen LogP contribution in [-0.2, 0) is 0 Å². The van der Waals surface area contributed by atoms with E-state index in [-0.39, 0.29) is 0 Å². The molecule has 18 heavy (non-hydrogen) atoms. The number of anilines is 2. The fourth-order valence-electron chi connectivity index (χ4n) is 2.50. The Morgan fingerprint density at radius 2 is 2.28 bits per heavy atom. The molecule has 2 heterocycles. The number of hydrogen-bond donors (Lipinski definition) is 2. The summed E-state index contributed by atoms with van der Waals surface area (Å²) in [5.74, 6) is 2.01. The summed E-state index contributed by atoms with van der Waals surface area (Å²) in [6.07, 6.45) is 5.54.